The molecule has 0 atom stereocenters. The van der Waals surface area contributed by atoms with Crippen molar-refractivity contribution in [1.29, 1.82) is 0 Å². The Hall–Kier alpha value is -4.50. The first kappa shape index (κ1) is 34.7. The maximum atomic E-state index is 10.9. The Kier molecular flexibility index (Phi) is 15.8. The summed E-state index contributed by atoms with van der Waals surface area (Å²) in [6.45, 7) is 5.45. The Morgan fingerprint density at radius 3 is 2.58 bits per heavy atom. The molecule has 226 valence electrons. The summed E-state index contributed by atoms with van der Waals surface area (Å²) < 4.78 is 0. The molecule has 0 amide bonds. The van der Waals surface area contributed by atoms with Gasteiger partial charge in [0.05, 0.1) is 11.4 Å². The molecule has 4 rings (SSSR count). The fourth-order valence-electron chi connectivity index (χ4n) is 4.01. The summed E-state index contributed by atoms with van der Waals surface area (Å²) in [6.07, 6.45) is 25.1. The summed E-state index contributed by atoms with van der Waals surface area (Å²) in [6, 6.07) is 5.02. The van der Waals surface area contributed by atoms with E-state index in [0.29, 0.717) is 18.8 Å². The average Bonchev–Trinajstić information content (AvgIpc) is 3.03. The van der Waals surface area contributed by atoms with Crippen LogP contribution in [-0.4, -0.2) is 36.8 Å². The summed E-state index contributed by atoms with van der Waals surface area (Å²) in [5, 5.41) is 8.12. The molecule has 1 aromatic heterocycles. The summed E-state index contributed by atoms with van der Waals surface area (Å²) in [5.74, 6) is 0. The minimum Gasteiger partial charge on any atom is -0.399 e. The van der Waals surface area contributed by atoms with E-state index in [9.17, 15) is 14.4 Å². The molecule has 0 aliphatic heterocycles. The number of allylic oxidation sites excluding steroid dienone is 10. The SMILES string of the molecule is CC/C(CNC(/C=C\SC)=C\C=O)=C1/C=CC=CC1=NC.CC1=CC(N)=CCC1.O=c1cc(NCc2cccnc2)c1=O. The largest absolute Gasteiger partial charge is 0.399 e. The lowest BCUT2D eigenvalue weighted by atomic mass is 9.97. The normalized spacial score (nSPS) is 16.5. The van der Waals surface area contributed by atoms with Gasteiger partial charge in [-0.2, -0.15) is 0 Å². The number of nitrogens with zero attached hydrogens (tertiary/aromatic N) is 2. The van der Waals surface area contributed by atoms with Gasteiger partial charge in [0.25, 0.3) is 0 Å². The van der Waals surface area contributed by atoms with Gasteiger partial charge in [0, 0.05) is 61.6 Å². The summed E-state index contributed by atoms with van der Waals surface area (Å²) in [5.41, 5.74) is 12.6. The van der Waals surface area contributed by atoms with E-state index >= 15 is 0 Å². The molecule has 9 heteroatoms. The molecule has 0 spiro atoms. The lowest BCUT2D eigenvalue weighted by Gasteiger charge is -2.15. The van der Waals surface area contributed by atoms with Crippen molar-refractivity contribution in [1.82, 2.24) is 10.3 Å². The predicted molar refractivity (Wildman–Crippen MR) is 182 cm³/mol. The van der Waals surface area contributed by atoms with E-state index < -0.39 is 10.9 Å². The fourth-order valence-corrected chi connectivity index (χ4v) is 4.29. The van der Waals surface area contributed by atoms with Crippen molar-refractivity contribution in [3.8, 4) is 0 Å². The zero-order chi connectivity index (χ0) is 31.5. The van der Waals surface area contributed by atoms with Crippen molar-refractivity contribution in [3.63, 3.8) is 0 Å². The van der Waals surface area contributed by atoms with Crippen LogP contribution in [0.5, 0.6) is 0 Å². The molecule has 1 aromatic carbocycles. The zero-order valence-electron chi connectivity index (χ0n) is 25.3. The number of hydrogen-bond acceptors (Lipinski definition) is 9. The number of carbonyl (C=O) groups is 1. The number of aromatic nitrogens is 1. The highest BCUT2D eigenvalue weighted by atomic mass is 32.2. The van der Waals surface area contributed by atoms with Crippen molar-refractivity contribution < 1.29 is 4.79 Å². The maximum Gasteiger partial charge on any atom is 0.248 e. The maximum absolute atomic E-state index is 10.9. The van der Waals surface area contributed by atoms with Crippen LogP contribution in [0.1, 0.15) is 38.7 Å². The minimum absolute atomic E-state index is 0.388. The minimum atomic E-state index is -0.436. The number of nitrogens with two attached hydrogens (primary N) is 1. The van der Waals surface area contributed by atoms with E-state index in [-0.39, 0.29) is 0 Å². The number of aliphatic imine (C=N–C) groups is 1. The van der Waals surface area contributed by atoms with Gasteiger partial charge >= 0.3 is 0 Å². The smallest absolute Gasteiger partial charge is 0.248 e. The highest BCUT2D eigenvalue weighted by Gasteiger charge is 2.10. The zero-order valence-corrected chi connectivity index (χ0v) is 26.1. The Morgan fingerprint density at radius 2 is 2.02 bits per heavy atom. The lowest BCUT2D eigenvalue weighted by Crippen LogP contribution is -2.32. The number of hydrogen-bond donors (Lipinski definition) is 3. The number of nitrogens with one attached hydrogen (secondary N) is 2. The number of pyridine rings is 1. The second-order valence-corrected chi connectivity index (χ2v) is 10.3. The van der Waals surface area contributed by atoms with E-state index in [1.807, 2.05) is 54.2 Å². The van der Waals surface area contributed by atoms with Crippen molar-refractivity contribution in [2.75, 3.05) is 25.2 Å². The molecule has 0 radical (unpaired) electrons. The number of rotatable bonds is 10. The van der Waals surface area contributed by atoms with Crippen LogP contribution < -0.4 is 27.2 Å². The quantitative estimate of drug-likeness (QED) is 0.145. The van der Waals surface area contributed by atoms with Gasteiger partial charge in [-0.05, 0) is 73.3 Å². The molecule has 2 aromatic rings. The van der Waals surface area contributed by atoms with Crippen LogP contribution in [0.2, 0.25) is 0 Å². The fraction of sp³-hybridized carbons (Fsp3) is 0.265. The number of anilines is 1. The van der Waals surface area contributed by atoms with Crippen molar-refractivity contribution in [2.24, 2.45) is 10.7 Å². The molecular weight excluding hydrogens is 558 g/mol. The molecule has 8 nitrogen and oxygen atoms in total. The van der Waals surface area contributed by atoms with E-state index in [1.165, 1.54) is 29.7 Å². The second-order valence-electron chi connectivity index (χ2n) is 9.55. The molecule has 1 heterocycles. The average molecular weight is 600 g/mol. The van der Waals surface area contributed by atoms with E-state index in [0.717, 1.165) is 47.4 Å². The topological polar surface area (TPSA) is 127 Å². The molecule has 43 heavy (non-hydrogen) atoms. The molecule has 0 fully saturated rings. The van der Waals surface area contributed by atoms with Gasteiger partial charge < -0.3 is 16.4 Å². The molecule has 0 saturated heterocycles. The third-order valence-electron chi connectivity index (χ3n) is 6.37. The van der Waals surface area contributed by atoms with Gasteiger partial charge in [-0.15, -0.1) is 11.8 Å². The van der Waals surface area contributed by atoms with Crippen LogP contribution in [-0.2, 0) is 11.3 Å². The molecule has 0 saturated carbocycles. The van der Waals surface area contributed by atoms with Crippen LogP contribution in [0.25, 0.3) is 0 Å². The summed E-state index contributed by atoms with van der Waals surface area (Å²) in [4.78, 5) is 40.4. The van der Waals surface area contributed by atoms with Crippen LogP contribution in [0, 0.1) is 0 Å². The molecular formula is C34H41N5O3S. The monoisotopic (exact) mass is 599 g/mol. The van der Waals surface area contributed by atoms with Gasteiger partial charge in [0.15, 0.2) is 0 Å². The third-order valence-corrected chi connectivity index (χ3v) is 6.78. The van der Waals surface area contributed by atoms with E-state index in [2.05, 4.69) is 46.6 Å². The molecule has 0 bridgehead atoms. The first-order valence-electron chi connectivity index (χ1n) is 14.0. The number of thioether (sulfide) groups is 1. The first-order chi connectivity index (χ1) is 20.8. The second kappa shape index (κ2) is 19.6. The van der Waals surface area contributed by atoms with Crippen molar-refractivity contribution in [2.45, 2.75) is 39.7 Å². The van der Waals surface area contributed by atoms with E-state index in [1.54, 1.807) is 31.2 Å². The first-order valence-corrected chi connectivity index (χ1v) is 15.3. The Balaban J connectivity index is 0.000000249. The third kappa shape index (κ3) is 12.5. The molecule has 0 unspecified atom stereocenters. The molecule has 2 aliphatic carbocycles. The standard InChI is InChI=1S/C17H22N2OS.C10H8N2O2.C7H11N/c1-4-14(16-7-5-6-8-17(16)18-2)13-19-15(9-11-20)10-12-21-3;13-9-4-8(10(9)14)12-6-7-2-1-3-11-5-7;1-6-3-2-4-7(8)5-6/h5-12,19H,4,13H2,1-3H3;1-5,12H,6H2;4-5H,2-3,8H2,1H3/b12-10-,15-9-,16-14+,18-17?;;. The highest BCUT2D eigenvalue weighted by molar-refractivity contribution is 8.01. The van der Waals surface area contributed by atoms with Crippen LogP contribution >= 0.6 is 11.8 Å². The summed E-state index contributed by atoms with van der Waals surface area (Å²) >= 11 is 1.60. The van der Waals surface area contributed by atoms with E-state index in [4.69, 9.17) is 5.73 Å². The highest BCUT2D eigenvalue weighted by Crippen LogP contribution is 2.17. The van der Waals surface area contributed by atoms with Crippen LogP contribution in [0.4, 0.5) is 5.69 Å². The van der Waals surface area contributed by atoms with Gasteiger partial charge in [-0.1, -0.05) is 42.9 Å². The number of aldehydes is 1. The van der Waals surface area contributed by atoms with Gasteiger partial charge in [0.2, 0.25) is 10.9 Å². The lowest BCUT2D eigenvalue weighted by molar-refractivity contribution is -0.104. The van der Waals surface area contributed by atoms with Crippen molar-refractivity contribution in [3.05, 3.63) is 139 Å². The molecule has 2 aliphatic rings. The number of carbonyl (C=O) groups excluding carboxylic acids is 1. The molecule has 4 N–H and O–H groups in total. The van der Waals surface area contributed by atoms with Crippen LogP contribution in [0.3, 0.4) is 0 Å². The summed E-state index contributed by atoms with van der Waals surface area (Å²) in [7, 11) is 1.80. The Labute approximate surface area is 258 Å². The Bertz CT molecular complexity index is 1520. The van der Waals surface area contributed by atoms with Crippen LogP contribution in [0.15, 0.2) is 127 Å². The Morgan fingerprint density at radius 1 is 1.23 bits per heavy atom. The van der Waals surface area contributed by atoms with Gasteiger partial charge in [-0.3, -0.25) is 24.4 Å². The van der Waals surface area contributed by atoms with Crippen molar-refractivity contribution >= 4 is 29.4 Å². The van der Waals surface area contributed by atoms with Gasteiger partial charge in [0.1, 0.15) is 6.29 Å². The predicted octanol–water partition coefficient (Wildman–Crippen LogP) is 5.30. The van der Waals surface area contributed by atoms with Gasteiger partial charge in [-0.25, -0.2) is 0 Å².